The Bertz CT molecular complexity index is 5240. The molecule has 2 aliphatic rings. The average Bonchev–Trinajstić information content (AvgIpc) is 1.67. The molecule has 0 saturated heterocycles. The van der Waals surface area contributed by atoms with Gasteiger partial charge in [0.25, 0.3) is 6.71 Å². The maximum atomic E-state index is 7.75. The molecular formula is C80H57BN2O4. The molecule has 0 radical (unpaired) electrons. The quantitative estimate of drug-likeness (QED) is 0.160. The smallest absolute Gasteiger partial charge is 0.261 e. The first kappa shape index (κ1) is 49.9. The summed E-state index contributed by atoms with van der Waals surface area (Å²) in [5, 5.41) is 8.46. The number of hydrogen-bond donors (Lipinski definition) is 0. The van der Waals surface area contributed by atoms with E-state index in [1.54, 1.807) is 0 Å². The summed E-state index contributed by atoms with van der Waals surface area (Å²) in [5.41, 5.74) is 24.7. The lowest BCUT2D eigenvalue weighted by Gasteiger charge is -2.45. The summed E-state index contributed by atoms with van der Waals surface area (Å²) in [6.45, 7) is 13.3. The van der Waals surface area contributed by atoms with E-state index < -0.39 is 6.71 Å². The Hall–Kier alpha value is -10.5. The number of rotatable bonds is 5. The predicted molar refractivity (Wildman–Crippen MR) is 363 cm³/mol. The lowest BCUT2D eigenvalue weighted by Crippen LogP contribution is -2.61. The Labute approximate surface area is 503 Å². The molecule has 12 aromatic carbocycles. The average molecular weight is 1120 g/mol. The van der Waals surface area contributed by atoms with Crippen LogP contribution in [0, 0.1) is 0 Å². The fourth-order valence-electron chi connectivity index (χ4n) is 14.6. The topological polar surface area (TPSA) is 59.0 Å². The number of para-hydroxylation sites is 2. The summed E-state index contributed by atoms with van der Waals surface area (Å²) in [5.74, 6) is 0. The Morgan fingerprint density at radius 1 is 0.276 bits per heavy atom. The van der Waals surface area contributed by atoms with Gasteiger partial charge in [0.15, 0.2) is 0 Å². The summed E-state index contributed by atoms with van der Waals surface area (Å²) in [7, 11) is 0. The van der Waals surface area contributed by atoms with Crippen molar-refractivity contribution in [2.24, 2.45) is 0 Å². The maximum absolute atomic E-state index is 7.75. The first-order chi connectivity index (χ1) is 42.4. The molecule has 4 aromatic heterocycles. The molecule has 16 aromatic rings. The van der Waals surface area contributed by atoms with Gasteiger partial charge in [-0.1, -0.05) is 193 Å². The van der Waals surface area contributed by atoms with E-state index in [1.807, 2.05) is 0 Å². The van der Waals surface area contributed by atoms with Gasteiger partial charge in [0, 0.05) is 55.1 Å². The van der Waals surface area contributed by atoms with E-state index >= 15 is 0 Å². The van der Waals surface area contributed by atoms with Gasteiger partial charge in [0.05, 0.1) is 22.1 Å². The van der Waals surface area contributed by atoms with Crippen molar-refractivity contribution >= 4 is 145 Å². The van der Waals surface area contributed by atoms with Crippen LogP contribution in [0.2, 0.25) is 0 Å². The standard InChI is InChI=1S/C80H57BN2O4/c1-79(2,3)50-36-38-66-56(42-50)70-54(47-24-12-8-13-25-47)44-62-75(77(70)86-66)81-74-60(82(62)58-30-20-34-68-72(58)52-28-16-18-32-64(52)84-68)40-49(46-22-10-7-11-23-46)41-61(74)83(59-31-21-35-69-73(59)53-29-17-19-33-65(53)85-69)63-45-55(48-26-14-9-15-27-48)71-57-43-51(80(4,5)6)37-39-67(57)87-78(71)76(63)81/h7-45H,1-6H3. The third kappa shape index (κ3) is 7.23. The van der Waals surface area contributed by atoms with Gasteiger partial charge in [-0.25, -0.2) is 0 Å². The van der Waals surface area contributed by atoms with Crippen molar-refractivity contribution in [3.8, 4) is 33.4 Å². The number of furan rings is 4. The second kappa shape index (κ2) is 18.0. The first-order valence-electron chi connectivity index (χ1n) is 30.3. The van der Waals surface area contributed by atoms with E-state index in [0.717, 1.165) is 172 Å². The molecule has 0 amide bonds. The lowest BCUT2D eigenvalue weighted by atomic mass is 9.33. The molecule has 0 atom stereocenters. The molecule has 6 nitrogen and oxygen atoms in total. The minimum absolute atomic E-state index is 0.128. The van der Waals surface area contributed by atoms with Crippen molar-refractivity contribution in [1.29, 1.82) is 0 Å². The van der Waals surface area contributed by atoms with Crippen LogP contribution in [0.25, 0.3) is 121 Å². The molecule has 2 aliphatic heterocycles. The van der Waals surface area contributed by atoms with E-state index in [0.29, 0.717) is 0 Å². The van der Waals surface area contributed by atoms with Crippen LogP contribution >= 0.6 is 0 Å². The van der Waals surface area contributed by atoms with Gasteiger partial charge < -0.3 is 27.5 Å². The van der Waals surface area contributed by atoms with Gasteiger partial charge in [-0.3, -0.25) is 0 Å². The van der Waals surface area contributed by atoms with Crippen molar-refractivity contribution in [3.05, 3.63) is 248 Å². The molecule has 7 heteroatoms. The van der Waals surface area contributed by atoms with Crippen molar-refractivity contribution in [3.63, 3.8) is 0 Å². The normalized spacial score (nSPS) is 13.3. The van der Waals surface area contributed by atoms with Crippen LogP contribution in [0.3, 0.4) is 0 Å². The molecule has 6 heterocycles. The maximum Gasteiger partial charge on any atom is 0.261 e. The van der Waals surface area contributed by atoms with Crippen LogP contribution in [0.1, 0.15) is 52.7 Å². The first-order valence-corrected chi connectivity index (χ1v) is 30.3. The Kier molecular flexibility index (Phi) is 10.3. The number of benzene rings is 12. The fraction of sp³-hybridized carbons (Fsp3) is 0.100. The van der Waals surface area contributed by atoms with Crippen LogP contribution in [0.4, 0.5) is 34.1 Å². The van der Waals surface area contributed by atoms with Gasteiger partial charge in [0.1, 0.15) is 44.7 Å². The second-order valence-electron chi connectivity index (χ2n) is 25.9. The van der Waals surface area contributed by atoms with E-state index in [-0.39, 0.29) is 10.8 Å². The van der Waals surface area contributed by atoms with Gasteiger partial charge in [-0.2, -0.15) is 0 Å². The lowest BCUT2D eigenvalue weighted by molar-refractivity contribution is 0.590. The Balaban J connectivity index is 1.09. The Morgan fingerprint density at radius 3 is 1.09 bits per heavy atom. The summed E-state index contributed by atoms with van der Waals surface area (Å²) in [6, 6.07) is 86.1. The van der Waals surface area contributed by atoms with Crippen LogP contribution < -0.4 is 26.2 Å². The summed E-state index contributed by atoms with van der Waals surface area (Å²) in [6.07, 6.45) is 0. The van der Waals surface area contributed by atoms with Crippen molar-refractivity contribution < 1.29 is 17.7 Å². The van der Waals surface area contributed by atoms with Gasteiger partial charge in [-0.15, -0.1) is 0 Å². The van der Waals surface area contributed by atoms with Gasteiger partial charge in [0.2, 0.25) is 0 Å². The van der Waals surface area contributed by atoms with Gasteiger partial charge in [-0.05, 0) is 157 Å². The van der Waals surface area contributed by atoms with E-state index in [9.17, 15) is 0 Å². The van der Waals surface area contributed by atoms with Crippen LogP contribution in [0.15, 0.2) is 254 Å². The van der Waals surface area contributed by atoms with Crippen LogP contribution in [-0.4, -0.2) is 6.71 Å². The number of fused-ring (bicyclic) bond motifs is 18. The number of hydrogen-bond acceptors (Lipinski definition) is 6. The minimum atomic E-state index is -0.456. The van der Waals surface area contributed by atoms with Crippen molar-refractivity contribution in [2.75, 3.05) is 9.80 Å². The molecule has 87 heavy (non-hydrogen) atoms. The number of nitrogens with zero attached hydrogens (tertiary/aromatic N) is 2. The third-order valence-electron chi connectivity index (χ3n) is 18.7. The molecule has 414 valence electrons. The summed E-state index contributed by atoms with van der Waals surface area (Å²) in [4.78, 5) is 5.09. The highest BCUT2D eigenvalue weighted by Gasteiger charge is 2.49. The molecule has 0 aliphatic carbocycles. The van der Waals surface area contributed by atoms with E-state index in [1.165, 1.54) is 11.1 Å². The molecule has 0 unspecified atom stereocenters. The molecule has 0 N–H and O–H groups in total. The SMILES string of the molecule is CC(C)(C)c1ccc2oc3c4c(cc(-c5ccccc5)c3c2c1)N(c1cccc2oc3ccccc3c12)c1cc(-c2ccccc2)cc2c1B4c1c(cc(-c3ccccc3)c3c1oc1ccc(C(C)(C)C)cc13)N2c1cccc2oc3ccccc3c12. The third-order valence-corrected chi connectivity index (χ3v) is 18.7. The summed E-state index contributed by atoms with van der Waals surface area (Å²) < 4.78 is 29.2. The zero-order valence-electron chi connectivity index (χ0n) is 49.1. The van der Waals surface area contributed by atoms with E-state index in [2.05, 4.69) is 288 Å². The van der Waals surface area contributed by atoms with Crippen molar-refractivity contribution in [2.45, 2.75) is 52.4 Å². The molecule has 0 fully saturated rings. The van der Waals surface area contributed by atoms with Crippen LogP contribution in [-0.2, 0) is 10.8 Å². The van der Waals surface area contributed by atoms with Crippen LogP contribution in [0.5, 0.6) is 0 Å². The largest absolute Gasteiger partial charge is 0.456 e. The predicted octanol–water partition coefficient (Wildman–Crippen LogP) is 21.0. The monoisotopic (exact) mass is 1120 g/mol. The Morgan fingerprint density at radius 2 is 0.655 bits per heavy atom. The fourth-order valence-corrected chi connectivity index (χ4v) is 14.6. The van der Waals surface area contributed by atoms with E-state index in [4.69, 9.17) is 17.7 Å². The van der Waals surface area contributed by atoms with Crippen molar-refractivity contribution in [1.82, 2.24) is 0 Å². The minimum Gasteiger partial charge on any atom is -0.456 e. The highest BCUT2D eigenvalue weighted by Crippen LogP contribution is 2.55. The summed E-state index contributed by atoms with van der Waals surface area (Å²) >= 11 is 0. The zero-order valence-corrected chi connectivity index (χ0v) is 49.1. The molecule has 0 saturated carbocycles. The highest BCUT2D eigenvalue weighted by molar-refractivity contribution is 7.03. The van der Waals surface area contributed by atoms with Gasteiger partial charge >= 0.3 is 0 Å². The molecule has 18 rings (SSSR count). The zero-order chi connectivity index (χ0) is 58.2. The second-order valence-corrected chi connectivity index (χ2v) is 25.9. The molecular weight excluding hydrogens is 1060 g/mol. The molecule has 0 bridgehead atoms. The molecule has 0 spiro atoms. The number of anilines is 6. The highest BCUT2D eigenvalue weighted by atomic mass is 16.3.